The number of amides is 1. The van der Waals surface area contributed by atoms with E-state index in [0.29, 0.717) is 29.2 Å². The first-order valence-corrected chi connectivity index (χ1v) is 8.69. The Morgan fingerprint density at radius 1 is 1.15 bits per heavy atom. The van der Waals surface area contributed by atoms with Crippen LogP contribution in [-0.4, -0.2) is 15.5 Å². The van der Waals surface area contributed by atoms with Gasteiger partial charge in [0.15, 0.2) is 0 Å². The maximum atomic E-state index is 13.3. The van der Waals surface area contributed by atoms with Crippen molar-refractivity contribution in [3.8, 4) is 11.4 Å². The van der Waals surface area contributed by atoms with Gasteiger partial charge in [0.2, 0.25) is 5.91 Å². The van der Waals surface area contributed by atoms with E-state index in [1.807, 2.05) is 32.0 Å². The third-order valence-corrected chi connectivity index (χ3v) is 4.13. The SMILES string of the molecule is CCc1cc(=O)n(CC(=O)Nc2cccc(C)c2)c(-c2ccc(F)cc2)n1. The number of hydrogen-bond donors (Lipinski definition) is 1. The van der Waals surface area contributed by atoms with Crippen LogP contribution in [0.5, 0.6) is 0 Å². The highest BCUT2D eigenvalue weighted by molar-refractivity contribution is 5.90. The molecule has 2 aromatic carbocycles. The maximum absolute atomic E-state index is 13.3. The van der Waals surface area contributed by atoms with Crippen molar-refractivity contribution in [3.05, 3.63) is 82.0 Å². The molecule has 0 atom stereocenters. The summed E-state index contributed by atoms with van der Waals surface area (Å²) in [5.74, 6) is -0.368. The molecule has 3 rings (SSSR count). The largest absolute Gasteiger partial charge is 0.325 e. The van der Waals surface area contributed by atoms with E-state index in [-0.39, 0.29) is 23.8 Å². The fourth-order valence-electron chi connectivity index (χ4n) is 2.77. The van der Waals surface area contributed by atoms with Crippen LogP contribution >= 0.6 is 0 Å². The number of rotatable bonds is 5. The minimum absolute atomic E-state index is 0.184. The fraction of sp³-hybridized carbons (Fsp3) is 0.190. The van der Waals surface area contributed by atoms with E-state index < -0.39 is 0 Å². The highest BCUT2D eigenvalue weighted by Crippen LogP contribution is 2.17. The summed E-state index contributed by atoms with van der Waals surface area (Å²) in [7, 11) is 0. The van der Waals surface area contributed by atoms with Gasteiger partial charge >= 0.3 is 0 Å². The third kappa shape index (κ3) is 4.47. The molecule has 6 heteroatoms. The lowest BCUT2D eigenvalue weighted by atomic mass is 10.2. The van der Waals surface area contributed by atoms with E-state index in [0.717, 1.165) is 5.56 Å². The van der Waals surface area contributed by atoms with E-state index in [4.69, 9.17) is 0 Å². The van der Waals surface area contributed by atoms with Crippen LogP contribution in [0.15, 0.2) is 59.4 Å². The lowest BCUT2D eigenvalue weighted by molar-refractivity contribution is -0.116. The average molecular weight is 365 g/mol. The molecule has 27 heavy (non-hydrogen) atoms. The molecule has 3 aromatic rings. The Kier molecular flexibility index (Phi) is 5.45. The highest BCUT2D eigenvalue weighted by Gasteiger charge is 2.14. The number of aromatic nitrogens is 2. The molecule has 138 valence electrons. The molecule has 1 aromatic heterocycles. The zero-order valence-corrected chi connectivity index (χ0v) is 15.2. The van der Waals surface area contributed by atoms with Crippen molar-refractivity contribution in [3.63, 3.8) is 0 Å². The summed E-state index contributed by atoms with van der Waals surface area (Å²) in [5, 5.41) is 2.79. The molecule has 0 aliphatic carbocycles. The van der Waals surface area contributed by atoms with Gasteiger partial charge in [0.1, 0.15) is 18.2 Å². The molecule has 0 radical (unpaired) electrons. The molecule has 0 saturated heterocycles. The normalized spacial score (nSPS) is 10.6. The van der Waals surface area contributed by atoms with Crippen molar-refractivity contribution in [2.24, 2.45) is 0 Å². The second-order valence-electron chi connectivity index (χ2n) is 6.27. The molecule has 0 spiro atoms. The summed E-state index contributed by atoms with van der Waals surface area (Å²) in [5.41, 5.74) is 2.56. The van der Waals surface area contributed by atoms with Crippen molar-refractivity contribution < 1.29 is 9.18 Å². The number of nitrogens with zero attached hydrogens (tertiary/aromatic N) is 2. The van der Waals surface area contributed by atoms with Gasteiger partial charge in [-0.15, -0.1) is 0 Å². The van der Waals surface area contributed by atoms with Crippen molar-refractivity contribution in [2.45, 2.75) is 26.8 Å². The Morgan fingerprint density at radius 3 is 2.56 bits per heavy atom. The lowest BCUT2D eigenvalue weighted by Crippen LogP contribution is -2.30. The zero-order chi connectivity index (χ0) is 19.4. The summed E-state index contributed by atoms with van der Waals surface area (Å²) in [6, 6.07) is 14.5. The van der Waals surface area contributed by atoms with Gasteiger partial charge in [0, 0.05) is 23.0 Å². The number of benzene rings is 2. The van der Waals surface area contributed by atoms with E-state index in [1.165, 1.54) is 22.8 Å². The van der Waals surface area contributed by atoms with E-state index >= 15 is 0 Å². The second-order valence-corrected chi connectivity index (χ2v) is 6.27. The van der Waals surface area contributed by atoms with Gasteiger partial charge in [-0.1, -0.05) is 19.1 Å². The zero-order valence-electron chi connectivity index (χ0n) is 15.2. The van der Waals surface area contributed by atoms with Gasteiger partial charge in [-0.3, -0.25) is 14.2 Å². The Bertz CT molecular complexity index is 1030. The minimum Gasteiger partial charge on any atom is -0.325 e. The minimum atomic E-state index is -0.378. The lowest BCUT2D eigenvalue weighted by Gasteiger charge is -2.14. The van der Waals surface area contributed by atoms with Gasteiger partial charge < -0.3 is 5.32 Å². The van der Waals surface area contributed by atoms with Crippen LogP contribution in [0.2, 0.25) is 0 Å². The number of aryl methyl sites for hydroxylation is 2. The van der Waals surface area contributed by atoms with Gasteiger partial charge in [-0.2, -0.15) is 0 Å². The summed E-state index contributed by atoms with van der Waals surface area (Å²) in [6.45, 7) is 3.64. The summed E-state index contributed by atoms with van der Waals surface area (Å²) in [4.78, 5) is 29.5. The van der Waals surface area contributed by atoms with Crippen molar-refractivity contribution in [1.29, 1.82) is 0 Å². The van der Waals surface area contributed by atoms with Crippen LogP contribution < -0.4 is 10.9 Å². The quantitative estimate of drug-likeness (QED) is 0.752. The first-order chi connectivity index (χ1) is 13.0. The van der Waals surface area contributed by atoms with Crippen LogP contribution in [-0.2, 0) is 17.8 Å². The predicted molar refractivity (Wildman–Crippen MR) is 103 cm³/mol. The van der Waals surface area contributed by atoms with Gasteiger partial charge in [0.25, 0.3) is 5.56 Å². The van der Waals surface area contributed by atoms with Crippen LogP contribution in [0.4, 0.5) is 10.1 Å². The van der Waals surface area contributed by atoms with Crippen LogP contribution in [0.25, 0.3) is 11.4 Å². The number of carbonyl (C=O) groups is 1. The van der Waals surface area contributed by atoms with Gasteiger partial charge in [-0.05, 0) is 55.3 Å². The topological polar surface area (TPSA) is 64.0 Å². The number of hydrogen-bond acceptors (Lipinski definition) is 3. The molecule has 0 aliphatic rings. The Hall–Kier alpha value is -3.28. The molecule has 0 fully saturated rings. The summed E-state index contributed by atoms with van der Waals surface area (Å²) in [6.07, 6.45) is 0.583. The average Bonchev–Trinajstić information content (AvgIpc) is 2.64. The first-order valence-electron chi connectivity index (χ1n) is 8.69. The number of carbonyl (C=O) groups excluding carboxylic acids is 1. The smallest absolute Gasteiger partial charge is 0.254 e. The predicted octanol–water partition coefficient (Wildman–Crippen LogP) is 3.56. The Morgan fingerprint density at radius 2 is 1.89 bits per heavy atom. The van der Waals surface area contributed by atoms with Crippen molar-refractivity contribution in [2.75, 3.05) is 5.32 Å². The fourth-order valence-corrected chi connectivity index (χ4v) is 2.77. The number of anilines is 1. The van der Waals surface area contributed by atoms with Crippen molar-refractivity contribution >= 4 is 11.6 Å². The third-order valence-electron chi connectivity index (χ3n) is 4.13. The summed E-state index contributed by atoms with van der Waals surface area (Å²) < 4.78 is 14.6. The van der Waals surface area contributed by atoms with Crippen LogP contribution in [0, 0.1) is 12.7 Å². The molecule has 5 nitrogen and oxygen atoms in total. The highest BCUT2D eigenvalue weighted by atomic mass is 19.1. The molecule has 0 bridgehead atoms. The van der Waals surface area contributed by atoms with E-state index in [9.17, 15) is 14.0 Å². The number of halogens is 1. The molecular weight excluding hydrogens is 345 g/mol. The van der Waals surface area contributed by atoms with E-state index in [2.05, 4.69) is 10.3 Å². The standard InChI is InChI=1S/C21H20FN3O2/c1-3-17-12-20(27)25(21(24-17)15-7-9-16(22)10-8-15)13-19(26)23-18-6-4-5-14(2)11-18/h4-12H,3,13H2,1-2H3,(H,23,26). The molecule has 1 N–H and O–H groups in total. The van der Waals surface area contributed by atoms with Gasteiger partial charge in [-0.25, -0.2) is 9.37 Å². The molecule has 1 amide bonds. The second kappa shape index (κ2) is 7.95. The van der Waals surface area contributed by atoms with Crippen LogP contribution in [0.1, 0.15) is 18.2 Å². The summed E-state index contributed by atoms with van der Waals surface area (Å²) >= 11 is 0. The van der Waals surface area contributed by atoms with Gasteiger partial charge in [0.05, 0.1) is 0 Å². The maximum Gasteiger partial charge on any atom is 0.254 e. The number of nitrogens with one attached hydrogen (secondary N) is 1. The molecule has 1 heterocycles. The molecule has 0 unspecified atom stereocenters. The first kappa shape index (κ1) is 18.5. The monoisotopic (exact) mass is 365 g/mol. The van der Waals surface area contributed by atoms with E-state index in [1.54, 1.807) is 18.2 Å². The molecular formula is C21H20FN3O2. The Balaban J connectivity index is 1.95. The van der Waals surface area contributed by atoms with Crippen LogP contribution in [0.3, 0.4) is 0 Å². The Labute approximate surface area is 156 Å². The van der Waals surface area contributed by atoms with Crippen molar-refractivity contribution in [1.82, 2.24) is 9.55 Å². The molecule has 0 saturated carbocycles. The molecule has 0 aliphatic heterocycles.